The van der Waals surface area contributed by atoms with Gasteiger partial charge in [-0.05, 0) is 43.3 Å². The number of aliphatic imine (C=N–C) groups is 1. The fraction of sp³-hybridized carbons (Fsp3) is 0.421. The molecule has 2 aromatic rings. The van der Waals surface area contributed by atoms with Gasteiger partial charge < -0.3 is 15.5 Å². The molecule has 0 radical (unpaired) electrons. The van der Waals surface area contributed by atoms with Crippen molar-refractivity contribution in [2.45, 2.75) is 26.7 Å². The van der Waals surface area contributed by atoms with E-state index in [-0.39, 0.29) is 29.9 Å². The average molecular weight is 501 g/mol. The quantitative estimate of drug-likeness (QED) is 0.330. The van der Waals surface area contributed by atoms with Gasteiger partial charge in [0.25, 0.3) is 0 Å². The van der Waals surface area contributed by atoms with Crippen molar-refractivity contribution >= 4 is 53.0 Å². The van der Waals surface area contributed by atoms with Crippen molar-refractivity contribution < 1.29 is 4.79 Å². The number of nitrogens with zero attached hydrogens (tertiary/aromatic N) is 3. The summed E-state index contributed by atoms with van der Waals surface area (Å²) in [6.45, 7) is 6.11. The minimum Gasteiger partial charge on any atom is -0.357 e. The van der Waals surface area contributed by atoms with Gasteiger partial charge in [0.1, 0.15) is 5.82 Å². The summed E-state index contributed by atoms with van der Waals surface area (Å²) in [7, 11) is 2.02. The van der Waals surface area contributed by atoms with Gasteiger partial charge in [-0.1, -0.05) is 12.1 Å². The van der Waals surface area contributed by atoms with E-state index in [1.165, 1.54) is 4.88 Å². The van der Waals surface area contributed by atoms with Gasteiger partial charge in [-0.25, -0.2) is 4.98 Å². The molecule has 0 spiro atoms. The molecule has 0 aliphatic heterocycles. The predicted octanol–water partition coefficient (Wildman–Crippen LogP) is 3.54. The molecule has 0 aliphatic rings. The fourth-order valence-electron chi connectivity index (χ4n) is 2.32. The zero-order valence-electron chi connectivity index (χ0n) is 16.1. The van der Waals surface area contributed by atoms with Crippen molar-refractivity contribution in [3.8, 4) is 0 Å². The van der Waals surface area contributed by atoms with E-state index < -0.39 is 0 Å². The molecule has 2 rings (SSSR count). The molecule has 0 unspecified atom stereocenters. The first-order chi connectivity index (χ1) is 12.6. The Bertz CT molecular complexity index is 703. The maximum Gasteiger partial charge on any atom is 0.227 e. The van der Waals surface area contributed by atoms with E-state index in [2.05, 4.69) is 43.0 Å². The molecule has 1 amide bonds. The molecule has 2 aromatic heterocycles. The lowest BCUT2D eigenvalue weighted by molar-refractivity contribution is -0.116. The Kier molecular flexibility index (Phi) is 11.0. The lowest BCUT2D eigenvalue weighted by Gasteiger charge is -2.21. The van der Waals surface area contributed by atoms with Crippen LogP contribution in [0.4, 0.5) is 5.82 Å². The first kappa shape index (κ1) is 23.4. The number of guanidine groups is 1. The first-order valence-electron chi connectivity index (χ1n) is 8.83. The Labute approximate surface area is 182 Å². The van der Waals surface area contributed by atoms with E-state index in [0.717, 1.165) is 31.0 Å². The number of amides is 1. The normalized spacial score (nSPS) is 10.9. The highest BCUT2D eigenvalue weighted by Crippen LogP contribution is 2.09. The van der Waals surface area contributed by atoms with E-state index in [4.69, 9.17) is 0 Å². The Balaban J connectivity index is 0.00000364. The van der Waals surface area contributed by atoms with Crippen LogP contribution in [0.5, 0.6) is 0 Å². The van der Waals surface area contributed by atoms with Crippen molar-refractivity contribution in [3.63, 3.8) is 0 Å². The highest BCUT2D eigenvalue weighted by molar-refractivity contribution is 14.0. The third-order valence-electron chi connectivity index (χ3n) is 3.75. The summed E-state index contributed by atoms with van der Waals surface area (Å²) in [5.41, 5.74) is 1.06. The lowest BCUT2D eigenvalue weighted by atomic mass is 10.3. The minimum atomic E-state index is -0.0813. The highest BCUT2D eigenvalue weighted by atomic mass is 127. The van der Waals surface area contributed by atoms with Gasteiger partial charge in [-0.15, -0.1) is 35.3 Å². The number of likely N-dealkylation sites (N-methyl/N-ethyl adjacent to an activating group) is 1. The number of halogens is 1. The zero-order valence-corrected chi connectivity index (χ0v) is 19.2. The van der Waals surface area contributed by atoms with Gasteiger partial charge in [0.15, 0.2) is 5.96 Å². The van der Waals surface area contributed by atoms with Crippen LogP contribution in [0.25, 0.3) is 0 Å². The van der Waals surface area contributed by atoms with Crippen molar-refractivity contribution in [3.05, 3.63) is 46.3 Å². The number of carbonyl (C=O) groups excluding carboxylic acids is 1. The summed E-state index contributed by atoms with van der Waals surface area (Å²) < 4.78 is 0. The molecule has 0 aromatic carbocycles. The van der Waals surface area contributed by atoms with E-state index in [1.54, 1.807) is 23.6 Å². The summed E-state index contributed by atoms with van der Waals surface area (Å²) in [5, 5.41) is 8.17. The van der Waals surface area contributed by atoms with Gasteiger partial charge in [-0.3, -0.25) is 9.79 Å². The van der Waals surface area contributed by atoms with E-state index in [1.807, 2.05) is 27.0 Å². The fourth-order valence-corrected chi connectivity index (χ4v) is 3.02. The average Bonchev–Trinajstić information content (AvgIpc) is 3.14. The molecule has 8 heteroatoms. The SMILES string of the molecule is CCNC(=NCCC(=O)Nc1ccc(C)cn1)N(C)CCc1cccs1.I. The Morgan fingerprint density at radius 3 is 2.78 bits per heavy atom. The summed E-state index contributed by atoms with van der Waals surface area (Å²) in [6.07, 6.45) is 3.04. The topological polar surface area (TPSA) is 69.6 Å². The second kappa shape index (κ2) is 12.7. The zero-order chi connectivity index (χ0) is 18.8. The molecule has 148 valence electrons. The van der Waals surface area contributed by atoms with E-state index in [9.17, 15) is 4.79 Å². The van der Waals surface area contributed by atoms with Gasteiger partial charge in [0, 0.05) is 37.6 Å². The number of rotatable bonds is 8. The van der Waals surface area contributed by atoms with Crippen LogP contribution in [0, 0.1) is 6.92 Å². The molecule has 0 fully saturated rings. The minimum absolute atomic E-state index is 0. The molecule has 6 nitrogen and oxygen atoms in total. The van der Waals surface area contributed by atoms with Gasteiger partial charge in [0.05, 0.1) is 6.54 Å². The Morgan fingerprint density at radius 2 is 2.15 bits per heavy atom. The summed E-state index contributed by atoms with van der Waals surface area (Å²) >= 11 is 1.77. The number of nitrogens with one attached hydrogen (secondary N) is 2. The number of anilines is 1. The van der Waals surface area contributed by atoms with E-state index >= 15 is 0 Å². The van der Waals surface area contributed by atoms with Crippen LogP contribution in [0.3, 0.4) is 0 Å². The number of thiophene rings is 1. The highest BCUT2D eigenvalue weighted by Gasteiger charge is 2.07. The third kappa shape index (κ3) is 8.70. The van der Waals surface area contributed by atoms with Crippen molar-refractivity contribution in [2.75, 3.05) is 32.0 Å². The smallest absolute Gasteiger partial charge is 0.227 e. The van der Waals surface area contributed by atoms with Gasteiger partial charge >= 0.3 is 0 Å². The monoisotopic (exact) mass is 501 g/mol. The Hall–Kier alpha value is -1.68. The van der Waals surface area contributed by atoms with Crippen molar-refractivity contribution in [1.82, 2.24) is 15.2 Å². The maximum atomic E-state index is 12.0. The van der Waals surface area contributed by atoms with Crippen LogP contribution in [-0.2, 0) is 11.2 Å². The van der Waals surface area contributed by atoms with Gasteiger partial charge in [0.2, 0.25) is 5.91 Å². The molecule has 27 heavy (non-hydrogen) atoms. The second-order valence-electron chi connectivity index (χ2n) is 6.01. The van der Waals surface area contributed by atoms with Crippen molar-refractivity contribution in [2.24, 2.45) is 4.99 Å². The second-order valence-corrected chi connectivity index (χ2v) is 7.04. The van der Waals surface area contributed by atoms with Gasteiger partial charge in [-0.2, -0.15) is 0 Å². The summed E-state index contributed by atoms with van der Waals surface area (Å²) in [6, 6.07) is 7.94. The molecule has 0 saturated heterocycles. The number of hydrogen-bond acceptors (Lipinski definition) is 4. The van der Waals surface area contributed by atoms with Crippen LogP contribution >= 0.6 is 35.3 Å². The van der Waals surface area contributed by atoms with Crippen LogP contribution in [-0.4, -0.2) is 48.4 Å². The van der Waals surface area contributed by atoms with Crippen molar-refractivity contribution in [1.29, 1.82) is 0 Å². The molecule has 0 bridgehead atoms. The molecule has 0 saturated carbocycles. The number of pyridine rings is 1. The molecular weight excluding hydrogens is 473 g/mol. The standard InChI is InChI=1S/C19H27N5OS.HI/c1-4-20-19(24(3)12-10-16-6-5-13-26-16)21-11-9-18(25)23-17-8-7-15(2)14-22-17;/h5-8,13-14H,4,9-12H2,1-3H3,(H,20,21)(H,22,23,25);1H. The first-order valence-corrected chi connectivity index (χ1v) is 9.70. The predicted molar refractivity (Wildman–Crippen MR) is 124 cm³/mol. The molecule has 2 heterocycles. The number of aromatic nitrogens is 1. The largest absolute Gasteiger partial charge is 0.357 e. The molecular formula is C19H28IN5OS. The maximum absolute atomic E-state index is 12.0. The molecule has 0 atom stereocenters. The van der Waals surface area contributed by atoms with Crippen LogP contribution in [0.2, 0.25) is 0 Å². The van der Waals surface area contributed by atoms with Crippen LogP contribution < -0.4 is 10.6 Å². The third-order valence-corrected chi connectivity index (χ3v) is 4.69. The van der Waals surface area contributed by atoms with Crippen LogP contribution in [0.15, 0.2) is 40.8 Å². The number of aryl methyl sites for hydroxylation is 1. The Morgan fingerprint density at radius 1 is 1.33 bits per heavy atom. The summed E-state index contributed by atoms with van der Waals surface area (Å²) in [4.78, 5) is 24.2. The summed E-state index contributed by atoms with van der Waals surface area (Å²) in [5.74, 6) is 1.32. The number of carbonyl (C=O) groups is 1. The van der Waals surface area contributed by atoms with E-state index in [0.29, 0.717) is 18.8 Å². The molecule has 2 N–H and O–H groups in total. The number of hydrogen-bond donors (Lipinski definition) is 2. The lowest BCUT2D eigenvalue weighted by Crippen LogP contribution is -2.40. The van der Waals surface area contributed by atoms with Crippen LogP contribution in [0.1, 0.15) is 23.8 Å². The molecule has 0 aliphatic carbocycles.